The number of nitrogens with one attached hydrogen (secondary N) is 1. The summed E-state index contributed by atoms with van der Waals surface area (Å²) in [5.74, 6) is 1.29. The zero-order valence-corrected chi connectivity index (χ0v) is 12.0. The lowest BCUT2D eigenvalue weighted by molar-refractivity contribution is 0.343. The van der Waals surface area contributed by atoms with Gasteiger partial charge in [0.15, 0.2) is 0 Å². The first-order chi connectivity index (χ1) is 9.28. The number of anilines is 1. The lowest BCUT2D eigenvalue weighted by atomic mass is 10.2. The second kappa shape index (κ2) is 7.11. The van der Waals surface area contributed by atoms with E-state index in [1.54, 1.807) is 6.21 Å². The first-order valence-electron chi connectivity index (χ1n) is 5.78. The Morgan fingerprint density at radius 2 is 2.21 bits per heavy atom. The summed E-state index contributed by atoms with van der Waals surface area (Å²) in [5, 5.41) is 6.89. The van der Waals surface area contributed by atoms with Gasteiger partial charge in [-0.15, -0.1) is 22.9 Å². The highest BCUT2D eigenvalue weighted by molar-refractivity contribution is 7.13. The number of alkyl halides is 1. The van der Waals surface area contributed by atoms with Crippen LogP contribution in [0.4, 0.5) is 5.13 Å². The molecule has 0 saturated carbocycles. The second-order valence-corrected chi connectivity index (χ2v) is 5.01. The topological polar surface area (TPSA) is 46.5 Å². The van der Waals surface area contributed by atoms with Gasteiger partial charge in [-0.1, -0.05) is 0 Å². The van der Waals surface area contributed by atoms with Crippen molar-refractivity contribution in [3.05, 3.63) is 40.9 Å². The van der Waals surface area contributed by atoms with Crippen LogP contribution in [0.25, 0.3) is 0 Å². The number of ether oxygens (including phenoxy) is 1. The molecular formula is C13H14ClN3OS. The Bertz CT molecular complexity index is 539. The average Bonchev–Trinajstić information content (AvgIpc) is 2.84. The number of aromatic nitrogens is 1. The van der Waals surface area contributed by atoms with Crippen LogP contribution in [0.15, 0.2) is 34.7 Å². The van der Waals surface area contributed by atoms with Crippen LogP contribution in [0, 0.1) is 6.92 Å². The van der Waals surface area contributed by atoms with Crippen LogP contribution in [0.2, 0.25) is 0 Å². The summed E-state index contributed by atoms with van der Waals surface area (Å²) in [7, 11) is 0. The van der Waals surface area contributed by atoms with E-state index in [2.05, 4.69) is 15.5 Å². The van der Waals surface area contributed by atoms with E-state index in [9.17, 15) is 0 Å². The molecule has 0 saturated heterocycles. The SMILES string of the molecule is Cc1csc(NN=Cc2ccc(OCCCl)cc2)n1. The Kier molecular flexibility index (Phi) is 5.18. The van der Waals surface area contributed by atoms with E-state index < -0.39 is 0 Å². The largest absolute Gasteiger partial charge is 0.492 e. The number of hydrogen-bond acceptors (Lipinski definition) is 5. The van der Waals surface area contributed by atoms with Crippen molar-refractivity contribution in [2.45, 2.75) is 6.92 Å². The first-order valence-corrected chi connectivity index (χ1v) is 7.19. The summed E-state index contributed by atoms with van der Waals surface area (Å²) in [6.07, 6.45) is 1.74. The maximum Gasteiger partial charge on any atom is 0.203 e. The third kappa shape index (κ3) is 4.54. The second-order valence-electron chi connectivity index (χ2n) is 3.77. The van der Waals surface area contributed by atoms with Gasteiger partial charge in [-0.25, -0.2) is 4.98 Å². The Labute approximate surface area is 121 Å². The van der Waals surface area contributed by atoms with Gasteiger partial charge in [-0.2, -0.15) is 5.10 Å². The van der Waals surface area contributed by atoms with Gasteiger partial charge >= 0.3 is 0 Å². The molecule has 0 bridgehead atoms. The molecule has 0 aliphatic rings. The molecule has 1 N–H and O–H groups in total. The quantitative estimate of drug-likeness (QED) is 0.504. The highest BCUT2D eigenvalue weighted by atomic mass is 35.5. The number of halogens is 1. The van der Waals surface area contributed by atoms with Crippen LogP contribution in [-0.4, -0.2) is 23.7 Å². The van der Waals surface area contributed by atoms with Gasteiger partial charge < -0.3 is 4.74 Å². The number of thiazole rings is 1. The van der Waals surface area contributed by atoms with E-state index in [1.165, 1.54) is 11.3 Å². The van der Waals surface area contributed by atoms with E-state index in [0.717, 1.165) is 22.1 Å². The van der Waals surface area contributed by atoms with Crippen LogP contribution in [0.5, 0.6) is 5.75 Å². The van der Waals surface area contributed by atoms with Crippen LogP contribution in [0.1, 0.15) is 11.3 Å². The zero-order chi connectivity index (χ0) is 13.5. The van der Waals surface area contributed by atoms with Crippen molar-refractivity contribution in [3.63, 3.8) is 0 Å². The van der Waals surface area contributed by atoms with Gasteiger partial charge in [-0.05, 0) is 36.8 Å². The normalized spacial score (nSPS) is 10.8. The third-order valence-corrected chi connectivity index (χ3v) is 3.24. The van der Waals surface area contributed by atoms with Crippen LogP contribution >= 0.6 is 22.9 Å². The van der Waals surface area contributed by atoms with Crippen LogP contribution in [-0.2, 0) is 0 Å². The van der Waals surface area contributed by atoms with Gasteiger partial charge in [0.1, 0.15) is 12.4 Å². The van der Waals surface area contributed by atoms with E-state index in [0.29, 0.717) is 12.5 Å². The van der Waals surface area contributed by atoms with Gasteiger partial charge in [-0.3, -0.25) is 5.43 Å². The highest BCUT2D eigenvalue weighted by Gasteiger charge is 1.95. The van der Waals surface area contributed by atoms with E-state index in [1.807, 2.05) is 36.6 Å². The number of nitrogens with zero attached hydrogens (tertiary/aromatic N) is 2. The molecule has 0 radical (unpaired) electrons. The molecule has 0 amide bonds. The predicted molar refractivity (Wildman–Crippen MR) is 80.7 cm³/mol. The highest BCUT2D eigenvalue weighted by Crippen LogP contribution is 2.14. The molecule has 19 heavy (non-hydrogen) atoms. The summed E-state index contributed by atoms with van der Waals surface area (Å²) in [6.45, 7) is 2.46. The van der Waals surface area contributed by atoms with E-state index in [-0.39, 0.29) is 0 Å². The number of aryl methyl sites for hydroxylation is 1. The van der Waals surface area contributed by atoms with E-state index in [4.69, 9.17) is 16.3 Å². The Hall–Kier alpha value is -1.59. The molecule has 0 fully saturated rings. The fraction of sp³-hybridized carbons (Fsp3) is 0.231. The van der Waals surface area contributed by atoms with Gasteiger partial charge in [0.2, 0.25) is 5.13 Å². The van der Waals surface area contributed by atoms with Crippen molar-refractivity contribution < 1.29 is 4.74 Å². The molecule has 2 aromatic rings. The molecule has 100 valence electrons. The minimum Gasteiger partial charge on any atom is -0.492 e. The minimum atomic E-state index is 0.486. The predicted octanol–water partition coefficient (Wildman–Crippen LogP) is 3.52. The summed E-state index contributed by atoms with van der Waals surface area (Å²) >= 11 is 7.08. The molecule has 0 aliphatic heterocycles. The fourth-order valence-corrected chi connectivity index (χ4v) is 2.09. The minimum absolute atomic E-state index is 0.486. The molecule has 4 nitrogen and oxygen atoms in total. The lowest BCUT2D eigenvalue weighted by Gasteiger charge is -2.03. The smallest absolute Gasteiger partial charge is 0.203 e. The fourth-order valence-electron chi connectivity index (χ4n) is 1.37. The maximum absolute atomic E-state index is 5.55. The van der Waals surface area contributed by atoms with Crippen molar-refractivity contribution in [2.75, 3.05) is 17.9 Å². The summed E-state index contributed by atoms with van der Waals surface area (Å²) in [4.78, 5) is 4.25. The molecule has 0 spiro atoms. The van der Waals surface area contributed by atoms with E-state index >= 15 is 0 Å². The monoisotopic (exact) mass is 295 g/mol. The number of rotatable bonds is 6. The summed E-state index contributed by atoms with van der Waals surface area (Å²) in [5.41, 5.74) is 4.87. The Morgan fingerprint density at radius 1 is 1.42 bits per heavy atom. The number of hydrogen-bond donors (Lipinski definition) is 1. The van der Waals surface area contributed by atoms with Crippen molar-refractivity contribution in [1.82, 2.24) is 4.98 Å². The lowest BCUT2D eigenvalue weighted by Crippen LogP contribution is -1.97. The molecule has 0 unspecified atom stereocenters. The molecule has 1 aromatic carbocycles. The Morgan fingerprint density at radius 3 is 2.84 bits per heavy atom. The van der Waals surface area contributed by atoms with Gasteiger partial charge in [0, 0.05) is 5.38 Å². The average molecular weight is 296 g/mol. The van der Waals surface area contributed by atoms with Crippen molar-refractivity contribution in [3.8, 4) is 5.75 Å². The molecule has 0 atom stereocenters. The van der Waals surface area contributed by atoms with Crippen molar-refractivity contribution in [1.29, 1.82) is 0 Å². The van der Waals surface area contributed by atoms with Crippen LogP contribution in [0.3, 0.4) is 0 Å². The maximum atomic E-state index is 5.55. The van der Waals surface area contributed by atoms with Crippen molar-refractivity contribution in [2.24, 2.45) is 5.10 Å². The van der Waals surface area contributed by atoms with Gasteiger partial charge in [0.25, 0.3) is 0 Å². The number of hydrazone groups is 1. The zero-order valence-electron chi connectivity index (χ0n) is 10.5. The third-order valence-electron chi connectivity index (χ3n) is 2.22. The molecule has 6 heteroatoms. The number of benzene rings is 1. The molecular weight excluding hydrogens is 282 g/mol. The summed E-state index contributed by atoms with van der Waals surface area (Å²) in [6, 6.07) is 7.65. The Balaban J connectivity index is 1.88. The summed E-state index contributed by atoms with van der Waals surface area (Å²) < 4.78 is 5.39. The molecule has 1 heterocycles. The first kappa shape index (κ1) is 13.8. The van der Waals surface area contributed by atoms with Crippen molar-refractivity contribution >= 4 is 34.3 Å². The standard InChI is InChI=1S/C13H14ClN3OS/c1-10-9-19-13(16-10)17-15-8-11-2-4-12(5-3-11)18-7-6-14/h2-5,8-9H,6-7H2,1H3,(H,16,17). The van der Waals surface area contributed by atoms with Gasteiger partial charge in [0.05, 0.1) is 17.8 Å². The van der Waals surface area contributed by atoms with Crippen LogP contribution < -0.4 is 10.2 Å². The molecule has 2 rings (SSSR count). The molecule has 0 aliphatic carbocycles. The molecule has 1 aromatic heterocycles.